The number of para-hydroxylation sites is 1. The summed E-state index contributed by atoms with van der Waals surface area (Å²) in [6.45, 7) is 3.11. The third-order valence-corrected chi connectivity index (χ3v) is 5.02. The van der Waals surface area contributed by atoms with Gasteiger partial charge < -0.3 is 14.4 Å². The van der Waals surface area contributed by atoms with E-state index in [0.29, 0.717) is 30.4 Å². The van der Waals surface area contributed by atoms with E-state index in [1.54, 1.807) is 23.0 Å². The fourth-order valence-corrected chi connectivity index (χ4v) is 3.49. The van der Waals surface area contributed by atoms with E-state index in [9.17, 15) is 4.79 Å². The van der Waals surface area contributed by atoms with Gasteiger partial charge in [0.1, 0.15) is 6.10 Å². The molecule has 1 aliphatic rings. The zero-order valence-corrected chi connectivity index (χ0v) is 16.5. The van der Waals surface area contributed by atoms with E-state index in [1.165, 1.54) is 7.11 Å². The van der Waals surface area contributed by atoms with Crippen LogP contribution in [-0.4, -0.2) is 57.1 Å². The largest absolute Gasteiger partial charge is 0.480 e. The van der Waals surface area contributed by atoms with Crippen molar-refractivity contribution < 1.29 is 14.3 Å². The van der Waals surface area contributed by atoms with Crippen molar-refractivity contribution in [2.75, 3.05) is 20.2 Å². The van der Waals surface area contributed by atoms with Crippen LogP contribution in [0.4, 0.5) is 0 Å². The lowest BCUT2D eigenvalue weighted by molar-refractivity contribution is 0.0524. The fraction of sp³-hybridized carbons (Fsp3) is 0.333. The molecule has 0 bridgehead atoms. The van der Waals surface area contributed by atoms with Gasteiger partial charge in [0.25, 0.3) is 5.91 Å². The van der Waals surface area contributed by atoms with Crippen molar-refractivity contribution in [1.29, 1.82) is 0 Å². The topological polar surface area (TPSA) is 82.4 Å². The molecule has 4 rings (SSSR count). The molecule has 1 saturated heterocycles. The molecule has 8 heteroatoms. The molecule has 0 aliphatic carbocycles. The van der Waals surface area contributed by atoms with Gasteiger partial charge in [0.05, 0.1) is 36.8 Å². The molecule has 0 saturated carbocycles. The quantitative estimate of drug-likeness (QED) is 0.663. The number of ether oxygens (including phenoxy) is 2. The molecule has 1 aromatic carbocycles. The highest BCUT2D eigenvalue weighted by molar-refractivity contribution is 5.95. The molecule has 8 nitrogen and oxygen atoms in total. The summed E-state index contributed by atoms with van der Waals surface area (Å²) in [7, 11) is 1.54. The molecule has 0 N–H and O–H groups in total. The number of rotatable bonds is 5. The number of nitrogens with zero attached hydrogens (tertiary/aromatic N) is 5. The summed E-state index contributed by atoms with van der Waals surface area (Å²) in [5.74, 6) is 0.834. The number of methoxy groups -OCH3 is 1. The molecule has 1 atom stereocenters. The lowest BCUT2D eigenvalue weighted by Crippen LogP contribution is -2.44. The smallest absolute Gasteiger partial charge is 0.257 e. The lowest BCUT2D eigenvalue weighted by atomic mass is 10.1. The molecule has 1 fully saturated rings. The van der Waals surface area contributed by atoms with Crippen molar-refractivity contribution in [3.63, 3.8) is 0 Å². The first-order valence-electron chi connectivity index (χ1n) is 9.59. The molecule has 1 aliphatic heterocycles. The minimum atomic E-state index is -0.125. The summed E-state index contributed by atoms with van der Waals surface area (Å²) in [6, 6.07) is 13.2. The Morgan fingerprint density at radius 2 is 1.86 bits per heavy atom. The Hall–Kier alpha value is -3.42. The average Bonchev–Trinajstić information content (AvgIpc) is 3.16. The third-order valence-electron chi connectivity index (χ3n) is 5.02. The van der Waals surface area contributed by atoms with E-state index >= 15 is 0 Å². The monoisotopic (exact) mass is 393 g/mol. The molecule has 150 valence electrons. The van der Waals surface area contributed by atoms with Crippen molar-refractivity contribution in [2.45, 2.75) is 25.9 Å². The first kappa shape index (κ1) is 18.9. The fourth-order valence-electron chi connectivity index (χ4n) is 3.49. The number of hydrogen-bond donors (Lipinski definition) is 0. The summed E-state index contributed by atoms with van der Waals surface area (Å²) >= 11 is 0. The van der Waals surface area contributed by atoms with E-state index in [2.05, 4.69) is 15.3 Å². The second kappa shape index (κ2) is 8.30. The lowest BCUT2D eigenvalue weighted by Gasteiger charge is -2.32. The van der Waals surface area contributed by atoms with Crippen LogP contribution in [0.3, 0.4) is 0 Å². The Bertz CT molecular complexity index is 972. The van der Waals surface area contributed by atoms with E-state index < -0.39 is 0 Å². The molecule has 1 unspecified atom stereocenters. The first-order chi connectivity index (χ1) is 14.2. The number of carbonyl (C=O) groups is 1. The van der Waals surface area contributed by atoms with Crippen LogP contribution in [0.2, 0.25) is 0 Å². The minimum Gasteiger partial charge on any atom is -0.480 e. The van der Waals surface area contributed by atoms with Crippen LogP contribution in [-0.2, 0) is 0 Å². The Labute approximate surface area is 169 Å². The Kier molecular flexibility index (Phi) is 5.41. The predicted molar refractivity (Wildman–Crippen MR) is 106 cm³/mol. The van der Waals surface area contributed by atoms with Gasteiger partial charge in [-0.2, -0.15) is 5.10 Å². The standard InChI is InChI=1S/C21H23N5O3/c1-15-18(13-22-26(15)16-7-4-3-5-8-16)21(27)25-12-6-9-17(14-25)29-20-11-10-19(28-2)23-24-20/h3-5,7-8,10-11,13,17H,6,9,12,14H2,1-2H3. The second-order valence-electron chi connectivity index (χ2n) is 6.94. The summed E-state index contributed by atoms with van der Waals surface area (Å²) in [4.78, 5) is 14.9. The predicted octanol–water partition coefficient (Wildman–Crippen LogP) is 2.66. The van der Waals surface area contributed by atoms with Gasteiger partial charge in [-0.15, -0.1) is 10.2 Å². The van der Waals surface area contributed by atoms with Gasteiger partial charge in [-0.25, -0.2) is 4.68 Å². The van der Waals surface area contributed by atoms with Gasteiger partial charge in [0, 0.05) is 18.7 Å². The van der Waals surface area contributed by atoms with Crippen LogP contribution in [0.15, 0.2) is 48.7 Å². The number of likely N-dealkylation sites (tertiary alicyclic amines) is 1. The summed E-state index contributed by atoms with van der Waals surface area (Å²) in [6.07, 6.45) is 3.25. The second-order valence-corrected chi connectivity index (χ2v) is 6.94. The molecule has 0 radical (unpaired) electrons. The maximum Gasteiger partial charge on any atom is 0.257 e. The normalized spacial score (nSPS) is 16.5. The van der Waals surface area contributed by atoms with Crippen molar-refractivity contribution in [3.05, 3.63) is 59.9 Å². The highest BCUT2D eigenvalue weighted by Crippen LogP contribution is 2.21. The van der Waals surface area contributed by atoms with E-state index in [-0.39, 0.29) is 12.0 Å². The van der Waals surface area contributed by atoms with E-state index in [4.69, 9.17) is 9.47 Å². The SMILES string of the molecule is COc1ccc(OC2CCCN(C(=O)c3cnn(-c4ccccc4)c3C)C2)nn1. The average molecular weight is 393 g/mol. The van der Waals surface area contributed by atoms with E-state index in [0.717, 1.165) is 24.2 Å². The summed E-state index contributed by atoms with van der Waals surface area (Å²) < 4.78 is 12.7. The van der Waals surface area contributed by atoms with Crippen LogP contribution < -0.4 is 9.47 Å². The molecule has 2 aromatic heterocycles. The van der Waals surface area contributed by atoms with Gasteiger partial charge in [-0.05, 0) is 31.9 Å². The van der Waals surface area contributed by atoms with Gasteiger partial charge >= 0.3 is 0 Å². The van der Waals surface area contributed by atoms with Crippen molar-refractivity contribution in [1.82, 2.24) is 24.9 Å². The van der Waals surface area contributed by atoms with Crippen LogP contribution in [0, 0.1) is 6.92 Å². The molecule has 3 heterocycles. The highest BCUT2D eigenvalue weighted by atomic mass is 16.5. The van der Waals surface area contributed by atoms with Crippen molar-refractivity contribution >= 4 is 5.91 Å². The van der Waals surface area contributed by atoms with E-state index in [1.807, 2.05) is 42.2 Å². The van der Waals surface area contributed by atoms with Crippen LogP contribution in [0.1, 0.15) is 28.9 Å². The van der Waals surface area contributed by atoms with Gasteiger partial charge in [-0.3, -0.25) is 4.79 Å². The van der Waals surface area contributed by atoms with Gasteiger partial charge in [0.2, 0.25) is 11.8 Å². The van der Waals surface area contributed by atoms with Crippen LogP contribution in [0.25, 0.3) is 5.69 Å². The summed E-state index contributed by atoms with van der Waals surface area (Å²) in [5.41, 5.74) is 2.37. The van der Waals surface area contributed by atoms with Crippen LogP contribution in [0.5, 0.6) is 11.8 Å². The maximum atomic E-state index is 13.1. The Morgan fingerprint density at radius 1 is 1.10 bits per heavy atom. The molecule has 3 aromatic rings. The van der Waals surface area contributed by atoms with Gasteiger partial charge in [0.15, 0.2) is 0 Å². The number of piperidine rings is 1. The first-order valence-corrected chi connectivity index (χ1v) is 9.59. The summed E-state index contributed by atoms with van der Waals surface area (Å²) in [5, 5.41) is 12.3. The number of benzene rings is 1. The third kappa shape index (κ3) is 4.06. The Balaban J connectivity index is 1.45. The minimum absolute atomic E-state index is 0.0289. The Morgan fingerprint density at radius 3 is 2.59 bits per heavy atom. The van der Waals surface area contributed by atoms with Crippen LogP contribution >= 0.6 is 0 Å². The molecular weight excluding hydrogens is 370 g/mol. The molecule has 0 spiro atoms. The molecule has 29 heavy (non-hydrogen) atoms. The number of hydrogen-bond acceptors (Lipinski definition) is 6. The molecule has 1 amide bonds. The van der Waals surface area contributed by atoms with Gasteiger partial charge in [-0.1, -0.05) is 18.2 Å². The van der Waals surface area contributed by atoms with Crippen molar-refractivity contribution in [2.24, 2.45) is 0 Å². The number of amides is 1. The number of aromatic nitrogens is 4. The number of carbonyl (C=O) groups excluding carboxylic acids is 1. The maximum absolute atomic E-state index is 13.1. The van der Waals surface area contributed by atoms with Crippen molar-refractivity contribution in [3.8, 4) is 17.4 Å². The zero-order valence-electron chi connectivity index (χ0n) is 16.5. The zero-order chi connectivity index (χ0) is 20.2. The molecular formula is C21H23N5O3. The highest BCUT2D eigenvalue weighted by Gasteiger charge is 2.28.